The van der Waals surface area contributed by atoms with Crippen molar-refractivity contribution in [3.63, 3.8) is 0 Å². The molecule has 68 valence electrons. The van der Waals surface area contributed by atoms with E-state index in [1.807, 2.05) is 0 Å². The van der Waals surface area contributed by atoms with E-state index in [0.717, 1.165) is 0 Å². The van der Waals surface area contributed by atoms with E-state index >= 15 is 0 Å². The van der Waals surface area contributed by atoms with Gasteiger partial charge in [0, 0.05) is 5.56 Å². The first-order chi connectivity index (χ1) is 6.06. The van der Waals surface area contributed by atoms with Gasteiger partial charge in [-0.1, -0.05) is 17.7 Å². The lowest BCUT2D eigenvalue weighted by atomic mass is 9.79. The number of aryl methyl sites for hydroxylation is 1. The summed E-state index contributed by atoms with van der Waals surface area (Å²) in [4.78, 5) is 10.5. The molecule has 1 rings (SSSR count). The Kier molecular flexibility index (Phi) is 3.09. The van der Waals surface area contributed by atoms with Crippen LogP contribution < -0.4 is 5.46 Å². The zero-order chi connectivity index (χ0) is 10.0. The van der Waals surface area contributed by atoms with Gasteiger partial charge >= 0.3 is 7.12 Å². The van der Waals surface area contributed by atoms with Gasteiger partial charge in [-0.3, -0.25) is 4.79 Å². The minimum atomic E-state index is -1.56. The molecule has 1 aromatic rings. The Balaban J connectivity index is 3.28. The van der Waals surface area contributed by atoms with Gasteiger partial charge in [-0.2, -0.15) is 0 Å². The molecule has 13 heavy (non-hydrogen) atoms. The Bertz CT molecular complexity index is 315. The summed E-state index contributed by atoms with van der Waals surface area (Å²) in [5, 5.41) is 17.9. The second kappa shape index (κ2) is 3.92. The predicted octanol–water partition coefficient (Wildman–Crippen LogP) is 0.141. The van der Waals surface area contributed by atoms with Crippen molar-refractivity contribution in [3.8, 4) is 0 Å². The number of halogens is 1. The molecule has 0 fully saturated rings. The summed E-state index contributed by atoms with van der Waals surface area (Å²) >= 11 is 5.73. The normalized spacial score (nSPS) is 9.85. The number of benzene rings is 1. The number of hydrogen-bond acceptors (Lipinski definition) is 3. The Labute approximate surface area is 81.1 Å². The van der Waals surface area contributed by atoms with E-state index in [2.05, 4.69) is 0 Å². The highest BCUT2D eigenvalue weighted by Gasteiger charge is 2.14. The molecule has 3 nitrogen and oxygen atoms in total. The molecular formula is C8H8BClO3. The van der Waals surface area contributed by atoms with Crippen LogP contribution in [-0.4, -0.2) is 23.5 Å². The zero-order valence-electron chi connectivity index (χ0n) is 6.99. The van der Waals surface area contributed by atoms with Gasteiger partial charge in [-0.15, -0.1) is 0 Å². The van der Waals surface area contributed by atoms with Crippen LogP contribution in [0.1, 0.15) is 15.9 Å². The summed E-state index contributed by atoms with van der Waals surface area (Å²) in [5.74, 6) is 0. The molecule has 0 saturated carbocycles. The molecular weight excluding hydrogens is 190 g/mol. The van der Waals surface area contributed by atoms with E-state index in [-0.39, 0.29) is 10.5 Å². The van der Waals surface area contributed by atoms with Crippen molar-refractivity contribution in [2.75, 3.05) is 0 Å². The Hall–Kier alpha value is -0.835. The summed E-state index contributed by atoms with van der Waals surface area (Å²) < 4.78 is 0. The topological polar surface area (TPSA) is 57.5 Å². The third-order valence-corrected chi connectivity index (χ3v) is 2.09. The maximum absolute atomic E-state index is 10.5. The van der Waals surface area contributed by atoms with Crippen LogP contribution in [0.4, 0.5) is 0 Å². The lowest BCUT2D eigenvalue weighted by Gasteiger charge is -2.05. The molecule has 0 aliphatic heterocycles. The molecule has 0 aliphatic carbocycles. The molecule has 0 heterocycles. The van der Waals surface area contributed by atoms with Crippen LogP contribution in [0.25, 0.3) is 0 Å². The molecule has 0 aliphatic rings. The number of aldehydes is 1. The van der Waals surface area contributed by atoms with Gasteiger partial charge in [0.25, 0.3) is 0 Å². The average molecular weight is 198 g/mol. The largest absolute Gasteiger partial charge is 0.488 e. The van der Waals surface area contributed by atoms with Gasteiger partial charge in [-0.05, 0) is 24.0 Å². The summed E-state index contributed by atoms with van der Waals surface area (Å²) in [6, 6.07) is 2.88. The molecule has 0 unspecified atom stereocenters. The van der Waals surface area contributed by atoms with Crippen molar-refractivity contribution in [2.45, 2.75) is 6.92 Å². The van der Waals surface area contributed by atoms with E-state index in [4.69, 9.17) is 21.6 Å². The number of carbonyl (C=O) groups is 1. The molecule has 2 N–H and O–H groups in total. The Morgan fingerprint density at radius 2 is 2.08 bits per heavy atom. The lowest BCUT2D eigenvalue weighted by Crippen LogP contribution is -2.30. The van der Waals surface area contributed by atoms with E-state index in [9.17, 15) is 4.79 Å². The molecule has 0 spiro atoms. The average Bonchev–Trinajstić information content (AvgIpc) is 2.03. The van der Waals surface area contributed by atoms with Crippen LogP contribution in [0, 0.1) is 6.92 Å². The molecule has 1 aromatic carbocycles. The van der Waals surface area contributed by atoms with E-state index in [1.165, 1.54) is 12.1 Å². The fraction of sp³-hybridized carbons (Fsp3) is 0.125. The minimum absolute atomic E-state index is 0.234. The van der Waals surface area contributed by atoms with Crippen LogP contribution >= 0.6 is 11.6 Å². The van der Waals surface area contributed by atoms with Gasteiger partial charge in [0.1, 0.15) is 0 Å². The standard InChI is InChI=1S/C8H8BClO3/c1-5-2-6(9(12)13)3-8(10)7(5)4-11/h2-4,12-13H,1H3. The minimum Gasteiger partial charge on any atom is -0.423 e. The summed E-state index contributed by atoms with van der Waals surface area (Å²) in [5.41, 5.74) is 1.30. The van der Waals surface area contributed by atoms with Gasteiger partial charge in [-0.25, -0.2) is 0 Å². The molecule has 0 aromatic heterocycles. The first-order valence-corrected chi connectivity index (χ1v) is 4.05. The van der Waals surface area contributed by atoms with E-state index in [0.29, 0.717) is 17.4 Å². The quantitative estimate of drug-likeness (QED) is 0.525. The molecule has 0 amide bonds. The maximum Gasteiger partial charge on any atom is 0.488 e. The number of carbonyl (C=O) groups excluding carboxylic acids is 1. The first-order valence-electron chi connectivity index (χ1n) is 3.67. The third-order valence-electron chi connectivity index (χ3n) is 1.77. The predicted molar refractivity (Wildman–Crippen MR) is 51.4 cm³/mol. The molecule has 0 atom stereocenters. The van der Waals surface area contributed by atoms with Crippen LogP contribution in [-0.2, 0) is 0 Å². The van der Waals surface area contributed by atoms with Crippen LogP contribution in [0.3, 0.4) is 0 Å². The van der Waals surface area contributed by atoms with Gasteiger partial charge in [0.15, 0.2) is 6.29 Å². The zero-order valence-corrected chi connectivity index (χ0v) is 7.75. The van der Waals surface area contributed by atoms with Crippen LogP contribution in [0.15, 0.2) is 12.1 Å². The highest BCUT2D eigenvalue weighted by molar-refractivity contribution is 6.59. The molecule has 0 bridgehead atoms. The Morgan fingerprint density at radius 1 is 1.46 bits per heavy atom. The summed E-state index contributed by atoms with van der Waals surface area (Å²) in [6.07, 6.45) is 0.644. The van der Waals surface area contributed by atoms with E-state index in [1.54, 1.807) is 6.92 Å². The van der Waals surface area contributed by atoms with Crippen molar-refractivity contribution >= 4 is 30.5 Å². The lowest BCUT2D eigenvalue weighted by molar-refractivity contribution is 0.112. The second-order valence-electron chi connectivity index (χ2n) is 2.72. The van der Waals surface area contributed by atoms with Crippen molar-refractivity contribution < 1.29 is 14.8 Å². The van der Waals surface area contributed by atoms with Gasteiger partial charge in [0.05, 0.1) is 5.02 Å². The van der Waals surface area contributed by atoms with Crippen molar-refractivity contribution in [1.29, 1.82) is 0 Å². The van der Waals surface area contributed by atoms with Crippen LogP contribution in [0.5, 0.6) is 0 Å². The van der Waals surface area contributed by atoms with Crippen molar-refractivity contribution in [3.05, 3.63) is 28.3 Å². The molecule has 0 radical (unpaired) electrons. The van der Waals surface area contributed by atoms with Crippen molar-refractivity contribution in [2.24, 2.45) is 0 Å². The smallest absolute Gasteiger partial charge is 0.423 e. The van der Waals surface area contributed by atoms with Crippen molar-refractivity contribution in [1.82, 2.24) is 0 Å². The monoisotopic (exact) mass is 198 g/mol. The fourth-order valence-corrected chi connectivity index (χ4v) is 1.40. The number of rotatable bonds is 2. The maximum atomic E-state index is 10.5. The second-order valence-corrected chi connectivity index (χ2v) is 3.13. The fourth-order valence-electron chi connectivity index (χ4n) is 1.08. The van der Waals surface area contributed by atoms with Gasteiger partial charge < -0.3 is 10.0 Å². The first kappa shape index (κ1) is 10.2. The SMILES string of the molecule is Cc1cc(B(O)O)cc(Cl)c1C=O. The molecule has 0 saturated heterocycles. The number of hydrogen-bond donors (Lipinski definition) is 2. The highest BCUT2D eigenvalue weighted by Crippen LogP contribution is 2.15. The molecule has 5 heteroatoms. The summed E-state index contributed by atoms with van der Waals surface area (Å²) in [6.45, 7) is 1.68. The van der Waals surface area contributed by atoms with Gasteiger partial charge in [0.2, 0.25) is 0 Å². The third kappa shape index (κ3) is 2.09. The van der Waals surface area contributed by atoms with Crippen LogP contribution in [0.2, 0.25) is 5.02 Å². The Morgan fingerprint density at radius 3 is 2.46 bits per heavy atom. The van der Waals surface area contributed by atoms with E-state index < -0.39 is 7.12 Å². The summed E-state index contributed by atoms with van der Waals surface area (Å²) in [7, 11) is -1.56. The highest BCUT2D eigenvalue weighted by atomic mass is 35.5.